The summed E-state index contributed by atoms with van der Waals surface area (Å²) in [6, 6.07) is 0. The number of hydrogen-bond donors (Lipinski definition) is 1. The van der Waals surface area contributed by atoms with E-state index in [0.29, 0.717) is 0 Å². The van der Waals surface area contributed by atoms with Gasteiger partial charge in [-0.15, -0.1) is 0 Å². The average Bonchev–Trinajstić information content (AvgIpc) is 2.10. The number of alkyl halides is 1. The normalized spacial score (nSPS) is 11.0. The Balaban J connectivity index is 3.19. The molecule has 2 nitrogen and oxygen atoms in total. The Kier molecular flexibility index (Phi) is 9.80. The van der Waals surface area contributed by atoms with Gasteiger partial charge in [0.05, 0.1) is 6.61 Å². The molecule has 0 aliphatic carbocycles. The van der Waals surface area contributed by atoms with Gasteiger partial charge in [-0.25, -0.2) is 0 Å². The molecule has 0 aliphatic heterocycles. The van der Waals surface area contributed by atoms with Crippen molar-refractivity contribution in [2.24, 2.45) is 0 Å². The SMILES string of the molecule is CCN(CCO)CCCCCBr. The molecule has 0 spiro atoms. The van der Waals surface area contributed by atoms with Crippen LogP contribution in [0.1, 0.15) is 26.2 Å². The van der Waals surface area contributed by atoms with Crippen LogP contribution in [0.5, 0.6) is 0 Å². The third kappa shape index (κ3) is 7.07. The molecule has 12 heavy (non-hydrogen) atoms. The van der Waals surface area contributed by atoms with E-state index in [1.807, 2.05) is 0 Å². The van der Waals surface area contributed by atoms with E-state index in [0.717, 1.165) is 25.0 Å². The fourth-order valence-corrected chi connectivity index (χ4v) is 1.57. The molecule has 0 atom stereocenters. The van der Waals surface area contributed by atoms with Crippen LogP contribution < -0.4 is 0 Å². The molecule has 0 rings (SSSR count). The molecule has 0 bridgehead atoms. The fraction of sp³-hybridized carbons (Fsp3) is 1.00. The highest BCUT2D eigenvalue weighted by Gasteiger charge is 1.99. The minimum absolute atomic E-state index is 0.284. The van der Waals surface area contributed by atoms with Gasteiger partial charge >= 0.3 is 0 Å². The molecule has 0 fully saturated rings. The minimum Gasteiger partial charge on any atom is -0.395 e. The van der Waals surface area contributed by atoms with Crippen LogP contribution in [-0.2, 0) is 0 Å². The van der Waals surface area contributed by atoms with Crippen LogP contribution in [0.15, 0.2) is 0 Å². The van der Waals surface area contributed by atoms with E-state index >= 15 is 0 Å². The Morgan fingerprint density at radius 3 is 2.42 bits per heavy atom. The molecule has 0 unspecified atom stereocenters. The van der Waals surface area contributed by atoms with Gasteiger partial charge in [0, 0.05) is 11.9 Å². The molecule has 0 amide bonds. The van der Waals surface area contributed by atoms with Gasteiger partial charge in [-0.3, -0.25) is 0 Å². The van der Waals surface area contributed by atoms with E-state index in [-0.39, 0.29) is 6.61 Å². The van der Waals surface area contributed by atoms with Crippen molar-refractivity contribution in [3.05, 3.63) is 0 Å². The summed E-state index contributed by atoms with van der Waals surface area (Å²) in [5, 5.41) is 9.83. The van der Waals surface area contributed by atoms with Gasteiger partial charge < -0.3 is 10.0 Å². The molecule has 0 radical (unpaired) electrons. The van der Waals surface area contributed by atoms with Crippen LogP contribution in [0.25, 0.3) is 0 Å². The lowest BCUT2D eigenvalue weighted by Crippen LogP contribution is -2.27. The maximum Gasteiger partial charge on any atom is 0.0558 e. The molecule has 0 saturated heterocycles. The van der Waals surface area contributed by atoms with Crippen LogP contribution in [-0.4, -0.2) is 41.6 Å². The highest BCUT2D eigenvalue weighted by Crippen LogP contribution is 2.00. The van der Waals surface area contributed by atoms with Gasteiger partial charge in [0.2, 0.25) is 0 Å². The first kappa shape index (κ1) is 12.4. The standard InChI is InChI=1S/C9H20BrNO/c1-2-11(8-9-12)7-5-3-4-6-10/h12H,2-9H2,1H3. The average molecular weight is 238 g/mol. The number of likely N-dealkylation sites (N-methyl/N-ethyl adjacent to an activating group) is 1. The van der Waals surface area contributed by atoms with Crippen LogP contribution in [0, 0.1) is 0 Å². The summed E-state index contributed by atoms with van der Waals surface area (Å²) < 4.78 is 0. The second kappa shape index (κ2) is 9.49. The van der Waals surface area contributed by atoms with E-state index in [4.69, 9.17) is 5.11 Å². The number of aliphatic hydroxyl groups excluding tert-OH is 1. The van der Waals surface area contributed by atoms with Gasteiger partial charge in [-0.1, -0.05) is 29.3 Å². The number of nitrogens with zero attached hydrogens (tertiary/aromatic N) is 1. The summed E-state index contributed by atoms with van der Waals surface area (Å²) in [5.41, 5.74) is 0. The Labute approximate surface area is 84.1 Å². The third-order valence-electron chi connectivity index (χ3n) is 1.97. The van der Waals surface area contributed by atoms with E-state index in [9.17, 15) is 0 Å². The number of halogens is 1. The zero-order valence-electron chi connectivity index (χ0n) is 7.93. The van der Waals surface area contributed by atoms with Crippen LogP contribution in [0.4, 0.5) is 0 Å². The Morgan fingerprint density at radius 2 is 1.92 bits per heavy atom. The monoisotopic (exact) mass is 237 g/mol. The fourth-order valence-electron chi connectivity index (χ4n) is 1.18. The molecular weight excluding hydrogens is 218 g/mol. The molecule has 0 aliphatic rings. The van der Waals surface area contributed by atoms with Crippen LogP contribution in [0.2, 0.25) is 0 Å². The van der Waals surface area contributed by atoms with Crippen LogP contribution >= 0.6 is 15.9 Å². The van der Waals surface area contributed by atoms with Gasteiger partial charge in [-0.05, 0) is 25.9 Å². The second-order valence-corrected chi connectivity index (χ2v) is 3.70. The molecule has 0 aromatic heterocycles. The topological polar surface area (TPSA) is 23.5 Å². The zero-order chi connectivity index (χ0) is 9.23. The van der Waals surface area contributed by atoms with E-state index in [2.05, 4.69) is 27.8 Å². The highest BCUT2D eigenvalue weighted by atomic mass is 79.9. The van der Waals surface area contributed by atoms with Gasteiger partial charge in [-0.2, -0.15) is 0 Å². The number of aliphatic hydroxyl groups is 1. The molecule has 0 heterocycles. The second-order valence-electron chi connectivity index (χ2n) is 2.91. The van der Waals surface area contributed by atoms with Crippen LogP contribution in [0.3, 0.4) is 0 Å². The lowest BCUT2D eigenvalue weighted by Gasteiger charge is -2.18. The smallest absolute Gasteiger partial charge is 0.0558 e. The predicted molar refractivity (Wildman–Crippen MR) is 56.8 cm³/mol. The Hall–Kier alpha value is 0.400. The summed E-state index contributed by atoms with van der Waals surface area (Å²) in [6.45, 7) is 5.43. The first-order valence-corrected chi connectivity index (χ1v) is 5.86. The summed E-state index contributed by atoms with van der Waals surface area (Å²) >= 11 is 3.41. The first-order valence-electron chi connectivity index (χ1n) is 4.74. The van der Waals surface area contributed by atoms with Crippen molar-refractivity contribution in [2.75, 3.05) is 31.6 Å². The van der Waals surface area contributed by atoms with Gasteiger partial charge in [0.15, 0.2) is 0 Å². The maximum atomic E-state index is 8.72. The first-order chi connectivity index (χ1) is 5.85. The van der Waals surface area contributed by atoms with Crippen molar-refractivity contribution in [3.8, 4) is 0 Å². The van der Waals surface area contributed by atoms with Crippen molar-refractivity contribution in [1.82, 2.24) is 4.90 Å². The number of unbranched alkanes of at least 4 members (excludes halogenated alkanes) is 2. The molecule has 0 aromatic carbocycles. The van der Waals surface area contributed by atoms with E-state index in [1.54, 1.807) is 0 Å². The summed E-state index contributed by atoms with van der Waals surface area (Å²) in [4.78, 5) is 2.29. The largest absolute Gasteiger partial charge is 0.395 e. The van der Waals surface area contributed by atoms with Crippen molar-refractivity contribution in [2.45, 2.75) is 26.2 Å². The quantitative estimate of drug-likeness (QED) is 0.515. The Bertz CT molecular complexity index is 90.6. The molecule has 0 aromatic rings. The van der Waals surface area contributed by atoms with Crippen molar-refractivity contribution in [3.63, 3.8) is 0 Å². The lowest BCUT2D eigenvalue weighted by molar-refractivity contribution is 0.199. The number of rotatable bonds is 8. The van der Waals surface area contributed by atoms with Crippen molar-refractivity contribution in [1.29, 1.82) is 0 Å². The Morgan fingerprint density at radius 1 is 1.17 bits per heavy atom. The minimum atomic E-state index is 0.284. The third-order valence-corrected chi connectivity index (χ3v) is 2.53. The molecule has 1 N–H and O–H groups in total. The summed E-state index contributed by atoms with van der Waals surface area (Å²) in [6.07, 6.45) is 3.79. The van der Waals surface area contributed by atoms with Crippen molar-refractivity contribution < 1.29 is 5.11 Å². The van der Waals surface area contributed by atoms with E-state index < -0.39 is 0 Å². The summed E-state index contributed by atoms with van der Waals surface area (Å²) in [7, 11) is 0. The summed E-state index contributed by atoms with van der Waals surface area (Å²) in [5.74, 6) is 0. The lowest BCUT2D eigenvalue weighted by atomic mass is 10.2. The number of hydrogen-bond acceptors (Lipinski definition) is 2. The molecule has 3 heteroatoms. The molecule has 74 valence electrons. The zero-order valence-corrected chi connectivity index (χ0v) is 9.52. The maximum absolute atomic E-state index is 8.72. The predicted octanol–water partition coefficient (Wildman–Crippen LogP) is 1.87. The van der Waals surface area contributed by atoms with Gasteiger partial charge in [0.25, 0.3) is 0 Å². The molecule has 0 saturated carbocycles. The van der Waals surface area contributed by atoms with E-state index in [1.165, 1.54) is 19.3 Å². The van der Waals surface area contributed by atoms with Crippen molar-refractivity contribution >= 4 is 15.9 Å². The molecular formula is C9H20BrNO. The van der Waals surface area contributed by atoms with Gasteiger partial charge in [0.1, 0.15) is 0 Å². The highest BCUT2D eigenvalue weighted by molar-refractivity contribution is 9.09.